The molecule has 1 atom stereocenters. The molecule has 2 N–H and O–H groups in total. The van der Waals surface area contributed by atoms with Crippen LogP contribution in [-0.2, 0) is 12.8 Å². The van der Waals surface area contributed by atoms with E-state index in [0.29, 0.717) is 12.6 Å². The lowest BCUT2D eigenvalue weighted by atomic mass is 10.2. The lowest BCUT2D eigenvalue weighted by Gasteiger charge is -2.23. The predicted octanol–water partition coefficient (Wildman–Crippen LogP) is 0.893. The summed E-state index contributed by atoms with van der Waals surface area (Å²) in [6.45, 7) is 1.76. The third kappa shape index (κ3) is 1.57. The second-order valence-electron chi connectivity index (χ2n) is 4.72. The van der Waals surface area contributed by atoms with E-state index >= 15 is 0 Å². The van der Waals surface area contributed by atoms with Gasteiger partial charge in [-0.15, -0.1) is 0 Å². The van der Waals surface area contributed by atoms with Gasteiger partial charge in [-0.1, -0.05) is 0 Å². The summed E-state index contributed by atoms with van der Waals surface area (Å²) >= 11 is 0. The lowest BCUT2D eigenvalue weighted by molar-refractivity contribution is 0.662. The number of aryl methyl sites for hydroxylation is 2. The minimum absolute atomic E-state index is 0.444. The second kappa shape index (κ2) is 4.01. The SMILES string of the molecule is NCC1CCCN1c1ncc2c(n1)CCC2. The summed E-state index contributed by atoms with van der Waals surface area (Å²) in [4.78, 5) is 11.5. The third-order valence-electron chi connectivity index (χ3n) is 3.71. The molecule has 0 spiro atoms. The van der Waals surface area contributed by atoms with Crippen molar-refractivity contribution in [1.82, 2.24) is 9.97 Å². The highest BCUT2D eigenvalue weighted by Crippen LogP contribution is 2.25. The molecular formula is C12H18N4. The van der Waals surface area contributed by atoms with Crippen molar-refractivity contribution in [2.45, 2.75) is 38.1 Å². The first-order chi connectivity index (χ1) is 7.88. The average Bonchev–Trinajstić information content (AvgIpc) is 2.96. The molecule has 0 radical (unpaired) electrons. The number of aromatic nitrogens is 2. The van der Waals surface area contributed by atoms with Gasteiger partial charge in [0.15, 0.2) is 0 Å². The molecule has 1 fully saturated rings. The van der Waals surface area contributed by atoms with Crippen molar-refractivity contribution in [3.8, 4) is 0 Å². The van der Waals surface area contributed by atoms with Crippen molar-refractivity contribution in [3.63, 3.8) is 0 Å². The lowest BCUT2D eigenvalue weighted by Crippen LogP contribution is -2.36. The van der Waals surface area contributed by atoms with E-state index in [1.807, 2.05) is 6.20 Å². The molecule has 0 aromatic carbocycles. The van der Waals surface area contributed by atoms with Crippen LogP contribution in [0.5, 0.6) is 0 Å². The highest BCUT2D eigenvalue weighted by atomic mass is 15.3. The summed E-state index contributed by atoms with van der Waals surface area (Å²) in [7, 11) is 0. The normalized spacial score (nSPS) is 23.8. The van der Waals surface area contributed by atoms with Gasteiger partial charge < -0.3 is 10.6 Å². The first-order valence-electron chi connectivity index (χ1n) is 6.20. The molecule has 3 rings (SSSR count). The molecule has 1 aliphatic carbocycles. The summed E-state index contributed by atoms with van der Waals surface area (Å²) in [6, 6.07) is 0.444. The molecule has 86 valence electrons. The number of nitrogens with zero attached hydrogens (tertiary/aromatic N) is 3. The standard InChI is InChI=1S/C12H18N4/c13-7-10-4-2-6-16(10)12-14-8-9-3-1-5-11(9)15-12/h8,10H,1-7,13H2. The van der Waals surface area contributed by atoms with Gasteiger partial charge >= 0.3 is 0 Å². The van der Waals surface area contributed by atoms with Gasteiger partial charge in [0.1, 0.15) is 0 Å². The van der Waals surface area contributed by atoms with Crippen LogP contribution < -0.4 is 10.6 Å². The minimum atomic E-state index is 0.444. The number of hydrogen-bond acceptors (Lipinski definition) is 4. The van der Waals surface area contributed by atoms with Gasteiger partial charge in [-0.05, 0) is 37.7 Å². The molecule has 1 aromatic heterocycles. The van der Waals surface area contributed by atoms with E-state index in [9.17, 15) is 0 Å². The maximum absolute atomic E-state index is 5.78. The Kier molecular flexibility index (Phi) is 2.52. The Morgan fingerprint density at radius 3 is 3.19 bits per heavy atom. The highest BCUT2D eigenvalue weighted by molar-refractivity contribution is 5.37. The van der Waals surface area contributed by atoms with E-state index in [-0.39, 0.29) is 0 Å². The van der Waals surface area contributed by atoms with Crippen LogP contribution >= 0.6 is 0 Å². The number of rotatable bonds is 2. The first kappa shape index (κ1) is 10.0. The molecule has 0 amide bonds. The first-order valence-corrected chi connectivity index (χ1v) is 6.20. The van der Waals surface area contributed by atoms with Gasteiger partial charge in [-0.2, -0.15) is 0 Å². The Morgan fingerprint density at radius 2 is 2.31 bits per heavy atom. The third-order valence-corrected chi connectivity index (χ3v) is 3.71. The Balaban J connectivity index is 1.89. The van der Waals surface area contributed by atoms with Crippen molar-refractivity contribution >= 4 is 5.95 Å². The van der Waals surface area contributed by atoms with Gasteiger partial charge in [0.25, 0.3) is 0 Å². The Morgan fingerprint density at radius 1 is 1.38 bits per heavy atom. The molecule has 1 unspecified atom stereocenters. The van der Waals surface area contributed by atoms with Crippen LogP contribution in [0.25, 0.3) is 0 Å². The van der Waals surface area contributed by atoms with Gasteiger partial charge in [-0.3, -0.25) is 0 Å². The van der Waals surface area contributed by atoms with E-state index in [2.05, 4.69) is 9.88 Å². The monoisotopic (exact) mass is 218 g/mol. The largest absolute Gasteiger partial charge is 0.337 e. The average molecular weight is 218 g/mol. The van der Waals surface area contributed by atoms with Gasteiger partial charge in [-0.25, -0.2) is 9.97 Å². The fraction of sp³-hybridized carbons (Fsp3) is 0.667. The van der Waals surface area contributed by atoms with Crippen molar-refractivity contribution < 1.29 is 0 Å². The second-order valence-corrected chi connectivity index (χ2v) is 4.72. The van der Waals surface area contributed by atoms with Crippen LogP contribution in [0.2, 0.25) is 0 Å². The molecule has 2 aliphatic rings. The van der Waals surface area contributed by atoms with E-state index < -0.39 is 0 Å². The van der Waals surface area contributed by atoms with Crippen molar-refractivity contribution in [1.29, 1.82) is 0 Å². The topological polar surface area (TPSA) is 55.0 Å². The summed E-state index contributed by atoms with van der Waals surface area (Å²) in [6.07, 6.45) is 7.89. The number of anilines is 1. The van der Waals surface area contributed by atoms with Crippen molar-refractivity contribution in [2.75, 3.05) is 18.0 Å². The van der Waals surface area contributed by atoms with E-state index in [4.69, 9.17) is 10.7 Å². The Hall–Kier alpha value is -1.16. The molecule has 2 heterocycles. The zero-order chi connectivity index (χ0) is 11.0. The highest BCUT2D eigenvalue weighted by Gasteiger charge is 2.26. The molecule has 1 aliphatic heterocycles. The summed E-state index contributed by atoms with van der Waals surface area (Å²) in [5, 5.41) is 0. The molecule has 4 nitrogen and oxygen atoms in total. The maximum Gasteiger partial charge on any atom is 0.225 e. The predicted molar refractivity (Wildman–Crippen MR) is 63.5 cm³/mol. The Labute approximate surface area is 95.9 Å². The zero-order valence-electron chi connectivity index (χ0n) is 9.52. The van der Waals surface area contributed by atoms with Crippen LogP contribution in [0.1, 0.15) is 30.5 Å². The molecule has 0 bridgehead atoms. The molecule has 1 aromatic rings. The number of hydrogen-bond donors (Lipinski definition) is 1. The smallest absolute Gasteiger partial charge is 0.225 e. The van der Waals surface area contributed by atoms with Crippen LogP contribution in [0.4, 0.5) is 5.95 Å². The number of fused-ring (bicyclic) bond motifs is 1. The van der Waals surface area contributed by atoms with Gasteiger partial charge in [0.05, 0.1) is 0 Å². The van der Waals surface area contributed by atoms with Gasteiger partial charge in [0.2, 0.25) is 5.95 Å². The van der Waals surface area contributed by atoms with Crippen molar-refractivity contribution in [3.05, 3.63) is 17.5 Å². The summed E-state index contributed by atoms with van der Waals surface area (Å²) < 4.78 is 0. The van der Waals surface area contributed by atoms with Crippen molar-refractivity contribution in [2.24, 2.45) is 5.73 Å². The maximum atomic E-state index is 5.78. The van der Waals surface area contributed by atoms with Crippen LogP contribution in [0.15, 0.2) is 6.20 Å². The summed E-state index contributed by atoms with van der Waals surface area (Å²) in [5.41, 5.74) is 8.37. The Bertz CT molecular complexity index is 391. The van der Waals surface area contributed by atoms with Crippen LogP contribution in [0.3, 0.4) is 0 Å². The fourth-order valence-electron chi connectivity index (χ4n) is 2.79. The van der Waals surface area contributed by atoms with Crippen LogP contribution in [0, 0.1) is 0 Å². The fourth-order valence-corrected chi connectivity index (χ4v) is 2.79. The van der Waals surface area contributed by atoms with E-state index in [1.54, 1.807) is 0 Å². The number of nitrogens with two attached hydrogens (primary N) is 1. The summed E-state index contributed by atoms with van der Waals surface area (Å²) in [5.74, 6) is 0.897. The van der Waals surface area contributed by atoms with E-state index in [1.165, 1.54) is 30.5 Å². The van der Waals surface area contributed by atoms with E-state index in [0.717, 1.165) is 25.3 Å². The zero-order valence-corrected chi connectivity index (χ0v) is 9.52. The molecular weight excluding hydrogens is 200 g/mol. The molecule has 0 saturated carbocycles. The molecule has 16 heavy (non-hydrogen) atoms. The molecule has 1 saturated heterocycles. The van der Waals surface area contributed by atoms with Gasteiger partial charge in [0, 0.05) is 31.0 Å². The van der Waals surface area contributed by atoms with Crippen LogP contribution in [-0.4, -0.2) is 29.1 Å². The quantitative estimate of drug-likeness (QED) is 0.801. The minimum Gasteiger partial charge on any atom is -0.337 e. The molecule has 4 heteroatoms.